The van der Waals surface area contributed by atoms with Gasteiger partial charge in [0.05, 0.1) is 5.56 Å². The minimum absolute atomic E-state index is 0.00630. The van der Waals surface area contributed by atoms with Crippen molar-refractivity contribution in [1.29, 1.82) is 0 Å². The van der Waals surface area contributed by atoms with Gasteiger partial charge in [0.1, 0.15) is 5.75 Å². The number of benzene rings is 3. The first-order valence-corrected chi connectivity index (χ1v) is 7.91. The molecule has 1 aliphatic carbocycles. The molecule has 4 nitrogen and oxygen atoms in total. The van der Waals surface area contributed by atoms with E-state index in [1.165, 1.54) is 6.92 Å². The van der Waals surface area contributed by atoms with Gasteiger partial charge in [-0.25, -0.2) is 0 Å². The van der Waals surface area contributed by atoms with Gasteiger partial charge in [-0.1, -0.05) is 42.5 Å². The van der Waals surface area contributed by atoms with Crippen LogP contribution in [-0.4, -0.2) is 22.5 Å². The number of rotatable bonds is 1. The lowest BCUT2D eigenvalue weighted by Crippen LogP contribution is -2.24. The molecule has 0 atom stereocenters. The van der Waals surface area contributed by atoms with Gasteiger partial charge in [0.2, 0.25) is 0 Å². The van der Waals surface area contributed by atoms with Crippen LogP contribution < -0.4 is 0 Å². The van der Waals surface area contributed by atoms with Crippen molar-refractivity contribution in [3.05, 3.63) is 75.8 Å². The lowest BCUT2D eigenvalue weighted by Gasteiger charge is -2.23. The van der Waals surface area contributed by atoms with E-state index in [1.54, 1.807) is 49.4 Å². The highest BCUT2D eigenvalue weighted by atomic mass is 16.3. The number of ketones is 3. The Morgan fingerprint density at radius 3 is 2.08 bits per heavy atom. The van der Waals surface area contributed by atoms with E-state index in [4.69, 9.17) is 0 Å². The number of carbonyl (C=O) groups excluding carboxylic acids is 3. The van der Waals surface area contributed by atoms with E-state index in [2.05, 4.69) is 0 Å². The van der Waals surface area contributed by atoms with Crippen molar-refractivity contribution >= 4 is 28.1 Å². The molecule has 0 bridgehead atoms. The highest BCUT2D eigenvalue weighted by Crippen LogP contribution is 2.42. The summed E-state index contributed by atoms with van der Waals surface area (Å²) in [6.07, 6.45) is 0. The fraction of sp³-hybridized carbons (Fsp3) is 0.0952. The fourth-order valence-electron chi connectivity index (χ4n) is 3.66. The number of phenols is 1. The Bertz CT molecular complexity index is 1120. The van der Waals surface area contributed by atoms with Gasteiger partial charge >= 0.3 is 0 Å². The first kappa shape index (κ1) is 15.3. The number of Topliss-reactive ketones (excluding diaryl/α,β-unsaturated/α-hetero) is 1. The van der Waals surface area contributed by atoms with E-state index in [-0.39, 0.29) is 39.4 Å². The molecule has 0 aromatic heterocycles. The standard InChI is InChI=1S/C21H14O4/c1-10-6-5-9-14-15(10)21(25)18-17(16(14)11(2)22)19(23)12-7-3-4-8-13(12)20(18)24/h3-9,25H,1-2H3. The first-order chi connectivity index (χ1) is 11.9. The molecule has 122 valence electrons. The van der Waals surface area contributed by atoms with Crippen LogP contribution in [0.15, 0.2) is 42.5 Å². The highest BCUT2D eigenvalue weighted by molar-refractivity contribution is 6.34. The lowest BCUT2D eigenvalue weighted by atomic mass is 9.78. The molecule has 1 aliphatic rings. The van der Waals surface area contributed by atoms with E-state index in [0.717, 1.165) is 5.56 Å². The number of hydrogen-bond acceptors (Lipinski definition) is 4. The van der Waals surface area contributed by atoms with Crippen LogP contribution in [0.4, 0.5) is 0 Å². The summed E-state index contributed by atoms with van der Waals surface area (Å²) < 4.78 is 0. The molecule has 0 radical (unpaired) electrons. The number of carbonyl (C=O) groups is 3. The molecule has 0 fully saturated rings. The predicted molar refractivity (Wildman–Crippen MR) is 93.7 cm³/mol. The molecule has 0 saturated heterocycles. The van der Waals surface area contributed by atoms with Crippen molar-refractivity contribution < 1.29 is 19.5 Å². The largest absolute Gasteiger partial charge is 0.506 e. The maximum Gasteiger partial charge on any atom is 0.198 e. The third-order valence-electron chi connectivity index (χ3n) is 4.74. The Kier molecular flexibility index (Phi) is 3.12. The van der Waals surface area contributed by atoms with Crippen LogP contribution in [0.1, 0.15) is 54.7 Å². The number of phenolic OH excluding ortho intramolecular Hbond substituents is 1. The lowest BCUT2D eigenvalue weighted by molar-refractivity contribution is 0.0966. The Morgan fingerprint density at radius 1 is 0.880 bits per heavy atom. The van der Waals surface area contributed by atoms with E-state index < -0.39 is 11.6 Å². The van der Waals surface area contributed by atoms with Gasteiger partial charge in [-0.2, -0.15) is 0 Å². The highest BCUT2D eigenvalue weighted by Gasteiger charge is 2.36. The van der Waals surface area contributed by atoms with E-state index in [9.17, 15) is 19.5 Å². The normalized spacial score (nSPS) is 12.9. The topological polar surface area (TPSA) is 71.4 Å². The van der Waals surface area contributed by atoms with Crippen LogP contribution in [0.3, 0.4) is 0 Å². The number of fused-ring (bicyclic) bond motifs is 3. The van der Waals surface area contributed by atoms with Gasteiger partial charge < -0.3 is 5.11 Å². The number of aromatic hydroxyl groups is 1. The Hall–Kier alpha value is -3.27. The van der Waals surface area contributed by atoms with Crippen LogP contribution in [0.2, 0.25) is 0 Å². The Balaban J connectivity index is 2.26. The van der Waals surface area contributed by atoms with E-state index in [1.807, 2.05) is 0 Å². The first-order valence-electron chi connectivity index (χ1n) is 7.91. The van der Waals surface area contributed by atoms with Crippen LogP contribution >= 0.6 is 0 Å². The summed E-state index contributed by atoms with van der Waals surface area (Å²) in [4.78, 5) is 38.4. The molecular formula is C21H14O4. The maximum atomic E-state index is 13.0. The molecule has 0 unspecified atom stereocenters. The van der Waals surface area contributed by atoms with Crippen molar-refractivity contribution in [1.82, 2.24) is 0 Å². The van der Waals surface area contributed by atoms with E-state index in [0.29, 0.717) is 10.8 Å². The minimum atomic E-state index is -0.435. The van der Waals surface area contributed by atoms with Crippen molar-refractivity contribution in [2.75, 3.05) is 0 Å². The molecular weight excluding hydrogens is 316 g/mol. The molecule has 0 aliphatic heterocycles. The molecule has 25 heavy (non-hydrogen) atoms. The summed E-state index contributed by atoms with van der Waals surface area (Å²) in [6, 6.07) is 11.7. The fourth-order valence-corrected chi connectivity index (χ4v) is 3.66. The van der Waals surface area contributed by atoms with Crippen molar-refractivity contribution in [3.63, 3.8) is 0 Å². The smallest absolute Gasteiger partial charge is 0.198 e. The average Bonchev–Trinajstić information content (AvgIpc) is 2.59. The summed E-state index contributed by atoms with van der Waals surface area (Å²) in [5, 5.41) is 11.7. The van der Waals surface area contributed by atoms with Gasteiger partial charge in [-0.15, -0.1) is 0 Å². The number of aryl methyl sites for hydroxylation is 1. The third-order valence-corrected chi connectivity index (χ3v) is 4.74. The zero-order valence-corrected chi connectivity index (χ0v) is 13.7. The summed E-state index contributed by atoms with van der Waals surface area (Å²) >= 11 is 0. The summed E-state index contributed by atoms with van der Waals surface area (Å²) in [5.41, 5.74) is 1.37. The monoisotopic (exact) mass is 330 g/mol. The van der Waals surface area contributed by atoms with Crippen LogP contribution in [0.25, 0.3) is 10.8 Å². The van der Waals surface area contributed by atoms with Crippen molar-refractivity contribution in [3.8, 4) is 5.75 Å². The molecule has 0 saturated carbocycles. The van der Waals surface area contributed by atoms with Gasteiger partial charge in [0.25, 0.3) is 0 Å². The summed E-state index contributed by atoms with van der Waals surface area (Å²) in [6.45, 7) is 3.16. The zero-order chi connectivity index (χ0) is 17.9. The Morgan fingerprint density at radius 2 is 1.48 bits per heavy atom. The molecule has 0 amide bonds. The zero-order valence-electron chi connectivity index (χ0n) is 13.7. The third kappa shape index (κ3) is 1.91. The average molecular weight is 330 g/mol. The second-order valence-electron chi connectivity index (χ2n) is 6.23. The van der Waals surface area contributed by atoms with Gasteiger partial charge in [-0.3, -0.25) is 14.4 Å². The van der Waals surface area contributed by atoms with Crippen LogP contribution in [-0.2, 0) is 0 Å². The molecule has 4 rings (SSSR count). The summed E-state index contributed by atoms with van der Waals surface area (Å²) in [7, 11) is 0. The predicted octanol–water partition coefficient (Wildman–Crippen LogP) is 3.83. The second kappa shape index (κ2) is 5.11. The second-order valence-corrected chi connectivity index (χ2v) is 6.23. The van der Waals surface area contributed by atoms with E-state index >= 15 is 0 Å². The van der Waals surface area contributed by atoms with Crippen molar-refractivity contribution in [2.24, 2.45) is 0 Å². The van der Waals surface area contributed by atoms with Gasteiger partial charge in [-0.05, 0) is 24.8 Å². The van der Waals surface area contributed by atoms with Gasteiger partial charge in [0.15, 0.2) is 17.3 Å². The molecule has 0 heterocycles. The molecule has 3 aromatic rings. The van der Waals surface area contributed by atoms with Crippen molar-refractivity contribution in [2.45, 2.75) is 13.8 Å². The molecule has 0 spiro atoms. The SMILES string of the molecule is CC(=O)c1c2c(c(O)c3c(C)cccc13)C(=O)c1ccccc1C2=O. The van der Waals surface area contributed by atoms with Crippen LogP contribution in [0, 0.1) is 6.92 Å². The summed E-state index contributed by atoms with van der Waals surface area (Å²) in [5.74, 6) is -1.39. The minimum Gasteiger partial charge on any atom is -0.506 e. The Labute approximate surface area is 143 Å². The molecule has 3 aromatic carbocycles. The molecule has 4 heteroatoms. The molecule has 1 N–H and O–H groups in total. The van der Waals surface area contributed by atoms with Crippen LogP contribution in [0.5, 0.6) is 5.75 Å². The maximum absolute atomic E-state index is 13.0. The van der Waals surface area contributed by atoms with Gasteiger partial charge in [0, 0.05) is 27.6 Å². The number of hydrogen-bond donors (Lipinski definition) is 1. The quantitative estimate of drug-likeness (QED) is 0.538.